The summed E-state index contributed by atoms with van der Waals surface area (Å²) in [4.78, 5) is 4.43. The molecule has 0 radical (unpaired) electrons. The number of nitrogens with two attached hydrogens (primary N) is 1. The van der Waals surface area contributed by atoms with E-state index in [2.05, 4.69) is 23.1 Å². The van der Waals surface area contributed by atoms with Crippen LogP contribution >= 0.6 is 0 Å². The topological polar surface area (TPSA) is 56.7 Å². The van der Waals surface area contributed by atoms with E-state index >= 15 is 0 Å². The minimum Gasteiger partial charge on any atom is -0.322 e. The summed E-state index contributed by atoms with van der Waals surface area (Å²) in [6.45, 7) is 4.09. The molecule has 1 unspecified atom stereocenters. The van der Waals surface area contributed by atoms with Gasteiger partial charge in [0.2, 0.25) is 0 Å². The van der Waals surface area contributed by atoms with E-state index in [-0.39, 0.29) is 6.04 Å². The van der Waals surface area contributed by atoms with Crippen LogP contribution in [0.25, 0.3) is 0 Å². The Morgan fingerprint density at radius 1 is 1.35 bits per heavy atom. The van der Waals surface area contributed by atoms with Crippen LogP contribution in [0.15, 0.2) is 24.7 Å². The molecule has 90 valence electrons. The van der Waals surface area contributed by atoms with Gasteiger partial charge in [-0.1, -0.05) is 6.07 Å². The fraction of sp³-hybridized carbons (Fsp3) is 0.385. The van der Waals surface area contributed by atoms with Gasteiger partial charge in [0.1, 0.15) is 0 Å². The molecule has 4 heteroatoms. The monoisotopic (exact) mass is 230 g/mol. The van der Waals surface area contributed by atoms with Gasteiger partial charge < -0.3 is 5.73 Å². The molecule has 0 aliphatic heterocycles. The number of hydrogen-bond donors (Lipinski definition) is 1. The highest BCUT2D eigenvalue weighted by molar-refractivity contribution is 5.26. The Morgan fingerprint density at radius 2 is 2.12 bits per heavy atom. The van der Waals surface area contributed by atoms with Crippen LogP contribution in [0.5, 0.6) is 0 Å². The summed E-state index contributed by atoms with van der Waals surface area (Å²) in [5.74, 6) is 0. The zero-order chi connectivity index (χ0) is 12.4. The molecule has 0 aliphatic carbocycles. The molecule has 0 amide bonds. The summed E-state index contributed by atoms with van der Waals surface area (Å²) in [6, 6.07) is 2.05. The lowest BCUT2D eigenvalue weighted by Crippen LogP contribution is -2.16. The summed E-state index contributed by atoms with van der Waals surface area (Å²) < 4.78 is 1.79. The minimum absolute atomic E-state index is 0.0696. The smallest absolute Gasteiger partial charge is 0.0603 e. The van der Waals surface area contributed by atoms with Crippen LogP contribution in [0, 0.1) is 13.8 Å². The van der Waals surface area contributed by atoms with Crippen LogP contribution in [0.2, 0.25) is 0 Å². The molecule has 0 fully saturated rings. The number of aromatic nitrogens is 3. The summed E-state index contributed by atoms with van der Waals surface area (Å²) in [7, 11) is 1.91. The quantitative estimate of drug-likeness (QED) is 0.872. The number of pyridine rings is 1. The van der Waals surface area contributed by atoms with Gasteiger partial charge in [0.15, 0.2) is 0 Å². The second kappa shape index (κ2) is 4.67. The summed E-state index contributed by atoms with van der Waals surface area (Å²) in [5, 5.41) is 4.14. The van der Waals surface area contributed by atoms with Crippen LogP contribution in [-0.4, -0.2) is 14.8 Å². The first-order valence-electron chi connectivity index (χ1n) is 5.72. The number of aryl methyl sites for hydroxylation is 3. The van der Waals surface area contributed by atoms with Gasteiger partial charge in [0.25, 0.3) is 0 Å². The average Bonchev–Trinajstić information content (AvgIpc) is 2.63. The number of nitrogens with zero attached hydrogens (tertiary/aromatic N) is 3. The first kappa shape index (κ1) is 11.8. The Morgan fingerprint density at radius 3 is 2.71 bits per heavy atom. The minimum atomic E-state index is -0.0696. The van der Waals surface area contributed by atoms with Crippen LogP contribution < -0.4 is 5.73 Å². The Labute approximate surface area is 101 Å². The molecule has 1 atom stereocenters. The van der Waals surface area contributed by atoms with Gasteiger partial charge in [0.05, 0.1) is 17.9 Å². The van der Waals surface area contributed by atoms with Crippen molar-refractivity contribution in [3.63, 3.8) is 0 Å². The maximum Gasteiger partial charge on any atom is 0.0603 e. The molecule has 2 heterocycles. The molecule has 2 aromatic rings. The van der Waals surface area contributed by atoms with Crippen molar-refractivity contribution in [1.29, 1.82) is 0 Å². The summed E-state index contributed by atoms with van der Waals surface area (Å²) >= 11 is 0. The van der Waals surface area contributed by atoms with E-state index in [4.69, 9.17) is 5.73 Å². The third-order valence-corrected chi connectivity index (χ3v) is 2.82. The van der Waals surface area contributed by atoms with Crippen molar-refractivity contribution in [2.24, 2.45) is 12.8 Å². The van der Waals surface area contributed by atoms with Crippen molar-refractivity contribution in [2.75, 3.05) is 0 Å². The molecule has 0 saturated carbocycles. The number of rotatable bonds is 3. The fourth-order valence-corrected chi connectivity index (χ4v) is 2.04. The van der Waals surface area contributed by atoms with E-state index in [1.165, 1.54) is 5.56 Å². The predicted octanol–water partition coefficient (Wildman–Crippen LogP) is 1.67. The zero-order valence-electron chi connectivity index (χ0n) is 10.5. The third kappa shape index (κ3) is 2.71. The molecule has 2 rings (SSSR count). The van der Waals surface area contributed by atoms with Crippen LogP contribution in [-0.2, 0) is 13.5 Å². The van der Waals surface area contributed by atoms with Crippen molar-refractivity contribution in [3.05, 3.63) is 47.0 Å². The molecule has 4 nitrogen and oxygen atoms in total. The van der Waals surface area contributed by atoms with Gasteiger partial charge in [0, 0.05) is 19.4 Å². The molecule has 0 bridgehead atoms. The van der Waals surface area contributed by atoms with E-state index in [0.29, 0.717) is 0 Å². The van der Waals surface area contributed by atoms with Crippen LogP contribution in [0.3, 0.4) is 0 Å². The Bertz CT molecular complexity index is 516. The second-order valence-corrected chi connectivity index (χ2v) is 4.55. The molecule has 0 saturated heterocycles. The SMILES string of the molecule is Cc1cnc(C(N)Cc2cnn(C)c2)c(C)c1. The van der Waals surface area contributed by atoms with Gasteiger partial charge in [-0.25, -0.2) is 0 Å². The van der Waals surface area contributed by atoms with E-state index in [1.54, 1.807) is 4.68 Å². The van der Waals surface area contributed by atoms with Crippen molar-refractivity contribution in [1.82, 2.24) is 14.8 Å². The highest BCUT2D eigenvalue weighted by Crippen LogP contribution is 2.17. The van der Waals surface area contributed by atoms with Gasteiger partial charge in [-0.2, -0.15) is 5.10 Å². The van der Waals surface area contributed by atoms with Gasteiger partial charge in [-0.15, -0.1) is 0 Å². The van der Waals surface area contributed by atoms with Crippen LogP contribution in [0.4, 0.5) is 0 Å². The largest absolute Gasteiger partial charge is 0.322 e. The highest BCUT2D eigenvalue weighted by atomic mass is 15.2. The van der Waals surface area contributed by atoms with E-state index < -0.39 is 0 Å². The fourth-order valence-electron chi connectivity index (χ4n) is 2.04. The van der Waals surface area contributed by atoms with E-state index in [9.17, 15) is 0 Å². The van der Waals surface area contributed by atoms with Gasteiger partial charge >= 0.3 is 0 Å². The summed E-state index contributed by atoms with van der Waals surface area (Å²) in [5.41, 5.74) is 10.6. The normalized spacial score (nSPS) is 12.7. The molecule has 17 heavy (non-hydrogen) atoms. The predicted molar refractivity (Wildman–Crippen MR) is 67.6 cm³/mol. The Kier molecular flexibility index (Phi) is 3.24. The maximum absolute atomic E-state index is 6.19. The van der Waals surface area contributed by atoms with Crippen LogP contribution in [0.1, 0.15) is 28.4 Å². The molecule has 0 aromatic carbocycles. The highest BCUT2D eigenvalue weighted by Gasteiger charge is 2.12. The van der Waals surface area contributed by atoms with E-state index in [1.807, 2.05) is 32.6 Å². The van der Waals surface area contributed by atoms with Crippen molar-refractivity contribution >= 4 is 0 Å². The first-order chi connectivity index (χ1) is 8.06. The van der Waals surface area contributed by atoms with Crippen molar-refractivity contribution in [2.45, 2.75) is 26.3 Å². The zero-order valence-corrected chi connectivity index (χ0v) is 10.5. The third-order valence-electron chi connectivity index (χ3n) is 2.82. The lowest BCUT2D eigenvalue weighted by Gasteiger charge is -2.13. The first-order valence-corrected chi connectivity index (χ1v) is 5.72. The molecular weight excluding hydrogens is 212 g/mol. The standard InChI is InChI=1S/C13H18N4/c1-9-4-10(2)13(15-6-9)12(14)5-11-7-16-17(3)8-11/h4,6-8,12H,5,14H2,1-3H3. The molecule has 0 aliphatic rings. The molecular formula is C13H18N4. The lowest BCUT2D eigenvalue weighted by molar-refractivity contribution is 0.688. The maximum atomic E-state index is 6.19. The number of hydrogen-bond acceptors (Lipinski definition) is 3. The lowest BCUT2D eigenvalue weighted by atomic mass is 10.0. The van der Waals surface area contributed by atoms with E-state index in [0.717, 1.165) is 23.2 Å². The summed E-state index contributed by atoms with van der Waals surface area (Å²) in [6.07, 6.45) is 6.48. The average molecular weight is 230 g/mol. The van der Waals surface area contributed by atoms with Gasteiger partial charge in [-0.3, -0.25) is 9.67 Å². The second-order valence-electron chi connectivity index (χ2n) is 4.55. The van der Waals surface area contributed by atoms with Crippen molar-refractivity contribution < 1.29 is 0 Å². The molecule has 2 aromatic heterocycles. The Balaban J connectivity index is 2.17. The van der Waals surface area contributed by atoms with Gasteiger partial charge in [-0.05, 0) is 37.0 Å². The molecule has 0 spiro atoms. The molecule has 2 N–H and O–H groups in total. The van der Waals surface area contributed by atoms with Crippen molar-refractivity contribution in [3.8, 4) is 0 Å². The Hall–Kier alpha value is -1.68.